The van der Waals surface area contributed by atoms with Gasteiger partial charge in [0.05, 0.1) is 12.8 Å². The molecule has 11 nitrogen and oxygen atoms in total. The van der Waals surface area contributed by atoms with Crippen LogP contribution in [0.1, 0.15) is 22.3 Å². The zero-order valence-corrected chi connectivity index (χ0v) is 16.8. The fourth-order valence-corrected chi connectivity index (χ4v) is 3.35. The van der Waals surface area contributed by atoms with Gasteiger partial charge in [0.2, 0.25) is 11.6 Å². The van der Waals surface area contributed by atoms with E-state index in [-0.39, 0.29) is 17.3 Å². The molecule has 0 aliphatic heterocycles. The van der Waals surface area contributed by atoms with Crippen LogP contribution in [0.5, 0.6) is 5.75 Å². The molecule has 1 aromatic carbocycles. The first-order valence-corrected chi connectivity index (χ1v) is 9.53. The van der Waals surface area contributed by atoms with E-state index in [4.69, 9.17) is 10.5 Å². The predicted octanol–water partition coefficient (Wildman–Crippen LogP) is 2.12. The van der Waals surface area contributed by atoms with Crippen molar-refractivity contribution in [3.63, 3.8) is 0 Å². The molecule has 0 fully saturated rings. The number of thiophene rings is 1. The fraction of sp³-hybridized carbons (Fsp3) is 0.111. The average molecular weight is 424 g/mol. The van der Waals surface area contributed by atoms with Gasteiger partial charge in [-0.25, -0.2) is 10.1 Å². The van der Waals surface area contributed by atoms with Crippen LogP contribution < -0.4 is 15.9 Å². The van der Waals surface area contributed by atoms with Crippen molar-refractivity contribution in [3.8, 4) is 22.8 Å². The average Bonchev–Trinajstić information content (AvgIpc) is 3.51. The van der Waals surface area contributed by atoms with E-state index < -0.39 is 5.91 Å². The number of anilines is 1. The van der Waals surface area contributed by atoms with Crippen molar-refractivity contribution in [1.82, 2.24) is 30.7 Å². The van der Waals surface area contributed by atoms with Crippen LogP contribution in [0.4, 0.5) is 5.82 Å². The first-order valence-electron chi connectivity index (χ1n) is 8.65. The molecule has 0 spiro atoms. The molecule has 0 bridgehead atoms. The smallest absolute Gasteiger partial charge is 0.294 e. The normalized spacial score (nSPS) is 11.5. The molecule has 4 aromatic rings. The monoisotopic (exact) mass is 424 g/mol. The maximum Gasteiger partial charge on any atom is 0.294 e. The quantitative estimate of drug-likeness (QED) is 0.353. The number of nitrogens with zero attached hydrogens (tertiary/aromatic N) is 6. The number of nitrogen functional groups attached to an aromatic ring is 1. The maximum atomic E-state index is 12.9. The Labute approximate surface area is 174 Å². The third-order valence-electron chi connectivity index (χ3n) is 4.13. The van der Waals surface area contributed by atoms with E-state index in [2.05, 4.69) is 35.8 Å². The molecular weight excluding hydrogens is 408 g/mol. The van der Waals surface area contributed by atoms with Gasteiger partial charge < -0.3 is 10.5 Å². The number of aromatic nitrogens is 5. The van der Waals surface area contributed by atoms with Gasteiger partial charge >= 0.3 is 0 Å². The number of nitrogens with two attached hydrogens (primary N) is 1. The summed E-state index contributed by atoms with van der Waals surface area (Å²) in [5.41, 5.74) is 9.95. The van der Waals surface area contributed by atoms with Gasteiger partial charge in [-0.15, -0.1) is 16.4 Å². The molecule has 3 N–H and O–H groups in total. The number of amides is 1. The Bertz CT molecular complexity index is 1210. The molecule has 0 unspecified atom stereocenters. The first kappa shape index (κ1) is 19.3. The highest BCUT2D eigenvalue weighted by Gasteiger charge is 2.25. The Hall–Kier alpha value is -4.06. The summed E-state index contributed by atoms with van der Waals surface area (Å²) in [7, 11) is 1.55. The lowest BCUT2D eigenvalue weighted by Gasteiger charge is -2.07. The van der Waals surface area contributed by atoms with E-state index in [0.29, 0.717) is 22.7 Å². The summed E-state index contributed by atoms with van der Waals surface area (Å²) < 4.78 is 11.2. The number of benzene rings is 1. The molecule has 3 heterocycles. The van der Waals surface area contributed by atoms with E-state index in [1.165, 1.54) is 16.0 Å². The van der Waals surface area contributed by atoms with Crippen molar-refractivity contribution in [2.75, 3.05) is 12.8 Å². The Balaban J connectivity index is 1.76. The van der Waals surface area contributed by atoms with Gasteiger partial charge in [-0.2, -0.15) is 9.78 Å². The van der Waals surface area contributed by atoms with Crippen molar-refractivity contribution in [2.45, 2.75) is 6.92 Å². The third kappa shape index (κ3) is 3.63. The zero-order valence-electron chi connectivity index (χ0n) is 15.9. The van der Waals surface area contributed by atoms with Gasteiger partial charge in [0, 0.05) is 10.4 Å². The summed E-state index contributed by atoms with van der Waals surface area (Å²) in [6.07, 6.45) is 0. The minimum atomic E-state index is -0.551. The number of hydrazone groups is 1. The van der Waals surface area contributed by atoms with Gasteiger partial charge in [0.25, 0.3) is 5.91 Å². The molecule has 0 radical (unpaired) electrons. The third-order valence-corrected chi connectivity index (χ3v) is 5.11. The fourth-order valence-electron chi connectivity index (χ4n) is 2.68. The lowest BCUT2D eigenvalue weighted by atomic mass is 10.1. The Kier molecular flexibility index (Phi) is 5.22. The lowest BCUT2D eigenvalue weighted by molar-refractivity contribution is 0.0950. The van der Waals surface area contributed by atoms with Crippen LogP contribution in [0.25, 0.3) is 17.1 Å². The van der Waals surface area contributed by atoms with Crippen molar-refractivity contribution < 1.29 is 14.2 Å². The number of nitrogens with one attached hydrogen (secondary N) is 1. The number of carbonyl (C=O) groups is 1. The minimum absolute atomic E-state index is 0.00237. The molecule has 0 aliphatic rings. The van der Waals surface area contributed by atoms with Crippen molar-refractivity contribution in [3.05, 3.63) is 52.3 Å². The van der Waals surface area contributed by atoms with Gasteiger partial charge in [0.1, 0.15) is 11.4 Å². The van der Waals surface area contributed by atoms with E-state index in [9.17, 15) is 4.79 Å². The van der Waals surface area contributed by atoms with Crippen LogP contribution in [-0.4, -0.2) is 44.0 Å². The molecule has 152 valence electrons. The van der Waals surface area contributed by atoms with Gasteiger partial charge in [0.15, 0.2) is 5.69 Å². The van der Waals surface area contributed by atoms with E-state index in [1.54, 1.807) is 38.3 Å². The summed E-state index contributed by atoms with van der Waals surface area (Å²) >= 11 is 1.52. The highest BCUT2D eigenvalue weighted by atomic mass is 32.1. The number of ether oxygens (including phenoxy) is 1. The Morgan fingerprint density at radius 2 is 2.17 bits per heavy atom. The molecule has 0 saturated heterocycles. The van der Waals surface area contributed by atoms with Crippen molar-refractivity contribution in [2.24, 2.45) is 5.10 Å². The molecule has 0 aliphatic carbocycles. The summed E-state index contributed by atoms with van der Waals surface area (Å²) in [4.78, 5) is 13.8. The topological polar surface area (TPSA) is 146 Å². The van der Waals surface area contributed by atoms with Crippen molar-refractivity contribution >= 4 is 28.8 Å². The van der Waals surface area contributed by atoms with Crippen LogP contribution in [0, 0.1) is 0 Å². The molecular formula is C18H16N8O3S. The second kappa shape index (κ2) is 8.13. The highest BCUT2D eigenvalue weighted by molar-refractivity contribution is 7.12. The van der Waals surface area contributed by atoms with Crippen LogP contribution in [0.2, 0.25) is 0 Å². The number of methoxy groups -OCH3 is 1. The zero-order chi connectivity index (χ0) is 21.1. The van der Waals surface area contributed by atoms with Gasteiger partial charge in [-0.05, 0) is 40.8 Å². The minimum Gasteiger partial charge on any atom is -0.497 e. The number of hydrogen-bond acceptors (Lipinski definition) is 10. The van der Waals surface area contributed by atoms with Crippen molar-refractivity contribution in [1.29, 1.82) is 0 Å². The number of carbonyl (C=O) groups excluding carboxylic acids is 1. The number of hydrogen-bond donors (Lipinski definition) is 2. The Morgan fingerprint density at radius 3 is 2.87 bits per heavy atom. The van der Waals surface area contributed by atoms with Crippen LogP contribution in [0.3, 0.4) is 0 Å². The standard InChI is InChI=1S/C18H16N8O3S/c1-10(13-7-4-8-30-13)20-22-18(27)14-15(11-5-3-6-12(9-11)28-2)26(25-21-14)17-16(19)23-29-24-17/h3-9H,1-2H3,(H2,19,23)(H,22,27)/b20-10-. The van der Waals surface area contributed by atoms with Crippen LogP contribution >= 0.6 is 11.3 Å². The molecule has 30 heavy (non-hydrogen) atoms. The second-order valence-electron chi connectivity index (χ2n) is 6.02. The SMILES string of the molecule is COc1cccc(-c2c(C(=O)N/N=C(/C)c3cccs3)nnn2-c2nonc2N)c1. The van der Waals surface area contributed by atoms with E-state index in [1.807, 2.05) is 17.5 Å². The molecule has 0 saturated carbocycles. The number of rotatable bonds is 6. The van der Waals surface area contributed by atoms with Gasteiger partial charge in [-0.1, -0.05) is 23.4 Å². The maximum absolute atomic E-state index is 12.9. The summed E-state index contributed by atoms with van der Waals surface area (Å²) in [5, 5.41) is 21.4. The Morgan fingerprint density at radius 1 is 1.30 bits per heavy atom. The van der Waals surface area contributed by atoms with Crippen LogP contribution in [-0.2, 0) is 0 Å². The molecule has 0 atom stereocenters. The molecule has 12 heteroatoms. The highest BCUT2D eigenvalue weighted by Crippen LogP contribution is 2.29. The summed E-state index contributed by atoms with van der Waals surface area (Å²) in [6, 6.07) is 10.9. The van der Waals surface area contributed by atoms with E-state index >= 15 is 0 Å². The van der Waals surface area contributed by atoms with Crippen LogP contribution in [0.15, 0.2) is 51.5 Å². The van der Waals surface area contributed by atoms with E-state index in [0.717, 1.165) is 4.88 Å². The first-order chi connectivity index (χ1) is 14.6. The molecule has 3 aromatic heterocycles. The predicted molar refractivity (Wildman–Crippen MR) is 110 cm³/mol. The summed E-state index contributed by atoms with van der Waals surface area (Å²) in [6.45, 7) is 1.80. The van der Waals surface area contributed by atoms with Gasteiger partial charge in [-0.3, -0.25) is 4.79 Å². The summed E-state index contributed by atoms with van der Waals surface area (Å²) in [5.74, 6) is 0.148. The molecule has 1 amide bonds. The lowest BCUT2D eigenvalue weighted by Crippen LogP contribution is -2.20. The largest absolute Gasteiger partial charge is 0.497 e. The molecule has 4 rings (SSSR count). The second-order valence-corrected chi connectivity index (χ2v) is 6.97.